The number of morpholine rings is 1. The number of hydrogen-bond donors (Lipinski definition) is 1. The van der Waals surface area contributed by atoms with Crippen molar-refractivity contribution in [2.45, 2.75) is 19.9 Å². The average molecular weight is 330 g/mol. The first-order chi connectivity index (χ1) is 11.5. The van der Waals surface area contributed by atoms with Gasteiger partial charge in [0.05, 0.1) is 18.1 Å². The number of para-hydroxylation sites is 1. The van der Waals surface area contributed by atoms with E-state index in [9.17, 15) is 10.1 Å². The van der Waals surface area contributed by atoms with Crippen LogP contribution in [0.4, 0.5) is 11.4 Å². The van der Waals surface area contributed by atoms with E-state index in [1.54, 1.807) is 6.07 Å². The molecule has 1 aliphatic rings. The first-order valence-corrected chi connectivity index (χ1v) is 8.16. The number of hydrogen-bond acceptors (Lipinski definition) is 6. The molecule has 1 aromatic carbocycles. The molecule has 1 atom stereocenters. The Labute approximate surface area is 140 Å². The van der Waals surface area contributed by atoms with Crippen molar-refractivity contribution in [3.8, 4) is 0 Å². The molecular formula is C17H22N4O3. The number of fused-ring (bicyclic) bond motifs is 1. The molecule has 1 aromatic heterocycles. The lowest BCUT2D eigenvalue weighted by molar-refractivity contribution is -0.383. The predicted molar refractivity (Wildman–Crippen MR) is 93.5 cm³/mol. The van der Waals surface area contributed by atoms with E-state index in [2.05, 4.69) is 22.1 Å². The molecule has 0 radical (unpaired) electrons. The summed E-state index contributed by atoms with van der Waals surface area (Å²) in [5.74, 6) is 0. The van der Waals surface area contributed by atoms with Gasteiger partial charge in [0.15, 0.2) is 5.52 Å². The SMILES string of the molecule is Cc1cc(NC(C)CN2CCOCC2)c2cccc([N+](=O)[O-])c2n1. The summed E-state index contributed by atoms with van der Waals surface area (Å²) < 4.78 is 5.37. The second-order valence-corrected chi connectivity index (χ2v) is 6.20. The molecule has 2 aromatic rings. The van der Waals surface area contributed by atoms with Crippen LogP contribution >= 0.6 is 0 Å². The quantitative estimate of drug-likeness (QED) is 0.670. The third-order valence-corrected chi connectivity index (χ3v) is 4.18. The standard InChI is InChI=1S/C17H22N4O3/c1-12-10-15(18-13(2)11-20-6-8-24-9-7-20)14-4-3-5-16(21(22)23)17(14)19-12/h3-5,10,13H,6-9,11H2,1-2H3,(H,18,19). The molecule has 7 nitrogen and oxygen atoms in total. The Hall–Kier alpha value is -2.25. The topological polar surface area (TPSA) is 80.5 Å². The summed E-state index contributed by atoms with van der Waals surface area (Å²) in [5.41, 5.74) is 2.13. The van der Waals surface area contributed by atoms with Gasteiger partial charge in [-0.15, -0.1) is 0 Å². The third-order valence-electron chi connectivity index (χ3n) is 4.18. The minimum absolute atomic E-state index is 0.0417. The van der Waals surface area contributed by atoms with E-state index in [1.807, 2.05) is 19.1 Å². The molecule has 24 heavy (non-hydrogen) atoms. The maximum Gasteiger partial charge on any atom is 0.295 e. The number of rotatable bonds is 5. The minimum Gasteiger partial charge on any atom is -0.381 e. The Balaban J connectivity index is 1.85. The number of pyridine rings is 1. The van der Waals surface area contributed by atoms with Crippen LogP contribution in [0.3, 0.4) is 0 Å². The van der Waals surface area contributed by atoms with Crippen molar-refractivity contribution < 1.29 is 9.66 Å². The smallest absolute Gasteiger partial charge is 0.295 e. The van der Waals surface area contributed by atoms with Crippen LogP contribution in [0.15, 0.2) is 24.3 Å². The number of nitrogens with one attached hydrogen (secondary N) is 1. The fourth-order valence-corrected chi connectivity index (χ4v) is 3.11. The van der Waals surface area contributed by atoms with Gasteiger partial charge in [-0.1, -0.05) is 12.1 Å². The first kappa shape index (κ1) is 16.6. The molecule has 0 saturated carbocycles. The molecule has 0 amide bonds. The minimum atomic E-state index is -0.379. The molecule has 1 saturated heterocycles. The fraction of sp³-hybridized carbons (Fsp3) is 0.471. The summed E-state index contributed by atoms with van der Waals surface area (Å²) >= 11 is 0. The van der Waals surface area contributed by atoms with Gasteiger partial charge >= 0.3 is 0 Å². The number of benzene rings is 1. The van der Waals surface area contributed by atoms with Gasteiger partial charge in [0.2, 0.25) is 0 Å². The number of ether oxygens (including phenoxy) is 1. The molecular weight excluding hydrogens is 308 g/mol. The monoisotopic (exact) mass is 330 g/mol. The zero-order chi connectivity index (χ0) is 17.1. The van der Waals surface area contributed by atoms with Crippen LogP contribution in [-0.4, -0.2) is 53.7 Å². The van der Waals surface area contributed by atoms with Gasteiger partial charge < -0.3 is 10.1 Å². The Morgan fingerprint density at radius 1 is 1.42 bits per heavy atom. The van der Waals surface area contributed by atoms with Crippen LogP contribution < -0.4 is 5.32 Å². The molecule has 0 bridgehead atoms. The van der Waals surface area contributed by atoms with E-state index >= 15 is 0 Å². The molecule has 1 N–H and O–H groups in total. The highest BCUT2D eigenvalue weighted by atomic mass is 16.6. The van der Waals surface area contributed by atoms with E-state index in [4.69, 9.17) is 4.74 Å². The molecule has 1 fully saturated rings. The second kappa shape index (κ2) is 7.11. The van der Waals surface area contributed by atoms with Gasteiger partial charge in [0, 0.05) is 48.5 Å². The number of aromatic nitrogens is 1. The molecule has 1 unspecified atom stereocenters. The van der Waals surface area contributed by atoms with Gasteiger partial charge in [-0.05, 0) is 19.9 Å². The molecule has 3 rings (SSSR count). The first-order valence-electron chi connectivity index (χ1n) is 8.16. The number of anilines is 1. The van der Waals surface area contributed by atoms with Crippen LogP contribution in [0.1, 0.15) is 12.6 Å². The molecule has 128 valence electrons. The Bertz CT molecular complexity index is 744. The Morgan fingerprint density at radius 2 is 2.17 bits per heavy atom. The van der Waals surface area contributed by atoms with Crippen molar-refractivity contribution in [3.63, 3.8) is 0 Å². The summed E-state index contributed by atoms with van der Waals surface area (Å²) in [6.07, 6.45) is 0. The molecule has 7 heteroatoms. The van der Waals surface area contributed by atoms with Gasteiger partial charge in [-0.3, -0.25) is 15.0 Å². The highest BCUT2D eigenvalue weighted by Crippen LogP contribution is 2.30. The molecule has 0 spiro atoms. The van der Waals surface area contributed by atoms with Crippen molar-refractivity contribution >= 4 is 22.3 Å². The Kier molecular flexibility index (Phi) is 4.92. The van der Waals surface area contributed by atoms with E-state index in [-0.39, 0.29) is 16.7 Å². The van der Waals surface area contributed by atoms with Crippen molar-refractivity contribution in [1.82, 2.24) is 9.88 Å². The Morgan fingerprint density at radius 3 is 2.88 bits per heavy atom. The van der Waals surface area contributed by atoms with Gasteiger partial charge in [-0.25, -0.2) is 4.98 Å². The molecule has 1 aliphatic heterocycles. The predicted octanol–water partition coefficient (Wildman–Crippen LogP) is 2.58. The van der Waals surface area contributed by atoms with Crippen molar-refractivity contribution in [1.29, 1.82) is 0 Å². The zero-order valence-electron chi connectivity index (χ0n) is 14.0. The normalized spacial score (nSPS) is 16.9. The summed E-state index contributed by atoms with van der Waals surface area (Å²) in [7, 11) is 0. The number of non-ortho nitro benzene ring substituents is 1. The summed E-state index contributed by atoms with van der Waals surface area (Å²) in [5, 5.41) is 15.5. The maximum absolute atomic E-state index is 11.2. The third kappa shape index (κ3) is 3.63. The summed E-state index contributed by atoms with van der Waals surface area (Å²) in [6.45, 7) is 8.30. The summed E-state index contributed by atoms with van der Waals surface area (Å²) in [6, 6.07) is 7.23. The maximum atomic E-state index is 11.2. The molecule has 2 heterocycles. The van der Waals surface area contributed by atoms with E-state index < -0.39 is 0 Å². The van der Waals surface area contributed by atoms with Gasteiger partial charge in [0.25, 0.3) is 5.69 Å². The second-order valence-electron chi connectivity index (χ2n) is 6.20. The largest absolute Gasteiger partial charge is 0.381 e. The van der Waals surface area contributed by atoms with E-state index in [0.717, 1.165) is 49.6 Å². The number of nitrogens with zero attached hydrogens (tertiary/aromatic N) is 3. The van der Waals surface area contributed by atoms with Crippen LogP contribution in [0, 0.1) is 17.0 Å². The highest BCUT2D eigenvalue weighted by molar-refractivity contribution is 5.96. The number of nitro benzene ring substituents is 1. The van der Waals surface area contributed by atoms with E-state index in [1.165, 1.54) is 6.07 Å². The van der Waals surface area contributed by atoms with Crippen molar-refractivity contribution in [2.24, 2.45) is 0 Å². The van der Waals surface area contributed by atoms with Crippen LogP contribution in [0.5, 0.6) is 0 Å². The zero-order valence-corrected chi connectivity index (χ0v) is 14.0. The fourth-order valence-electron chi connectivity index (χ4n) is 3.11. The van der Waals surface area contributed by atoms with Crippen molar-refractivity contribution in [2.75, 3.05) is 38.2 Å². The van der Waals surface area contributed by atoms with Gasteiger partial charge in [-0.2, -0.15) is 0 Å². The lowest BCUT2D eigenvalue weighted by Crippen LogP contribution is -2.42. The van der Waals surface area contributed by atoms with E-state index in [0.29, 0.717) is 5.52 Å². The van der Waals surface area contributed by atoms with Gasteiger partial charge in [0.1, 0.15) is 0 Å². The molecule has 0 aliphatic carbocycles. The van der Waals surface area contributed by atoms with Crippen LogP contribution in [-0.2, 0) is 4.74 Å². The highest BCUT2D eigenvalue weighted by Gasteiger charge is 2.18. The van der Waals surface area contributed by atoms with Crippen LogP contribution in [0.2, 0.25) is 0 Å². The van der Waals surface area contributed by atoms with Crippen molar-refractivity contribution in [3.05, 3.63) is 40.1 Å². The lowest BCUT2D eigenvalue weighted by atomic mass is 10.1. The number of aryl methyl sites for hydroxylation is 1. The van der Waals surface area contributed by atoms with Crippen LogP contribution in [0.25, 0.3) is 10.9 Å². The lowest BCUT2D eigenvalue weighted by Gasteiger charge is -2.30. The summed E-state index contributed by atoms with van der Waals surface area (Å²) in [4.78, 5) is 17.6. The average Bonchev–Trinajstić information content (AvgIpc) is 2.54. The number of nitro groups is 1.